The molecule has 0 radical (unpaired) electrons. The number of benzene rings is 12. The maximum Gasteiger partial charge on any atom is 0.132 e. The number of anilines is 12. The SMILES string of the molecule is c1ccc(N(c2ccccc2)c2ccc3c(c2)C2(c4cc(N(c5ccccc5)c5ccccc5)ccc4O3)c3cc(N(c4ccccc4)c4ccccc4)ccc3-c3ccc(N(c4ccccc4)c4ccccc4)cc32)cc1. The molecule has 12 aromatic rings. The fourth-order valence-electron chi connectivity index (χ4n) is 11.9. The van der Waals surface area contributed by atoms with Crippen molar-refractivity contribution in [2.24, 2.45) is 0 Å². The Labute approximate surface area is 456 Å². The molecular weight excluding hydrogens is 949 g/mol. The first kappa shape index (κ1) is 46.2. The number of para-hydroxylation sites is 8. The molecule has 370 valence electrons. The van der Waals surface area contributed by atoms with E-state index in [1.54, 1.807) is 0 Å². The summed E-state index contributed by atoms with van der Waals surface area (Å²) in [6.07, 6.45) is 0. The molecule has 0 saturated carbocycles. The highest BCUT2D eigenvalue weighted by molar-refractivity contribution is 5.95. The number of ether oxygens (including phenoxy) is 1. The summed E-state index contributed by atoms with van der Waals surface area (Å²) in [7, 11) is 0. The van der Waals surface area contributed by atoms with Gasteiger partial charge in [-0.15, -0.1) is 0 Å². The summed E-state index contributed by atoms with van der Waals surface area (Å²) < 4.78 is 7.36. The number of nitrogens with zero attached hydrogens (tertiary/aromatic N) is 4. The first-order valence-corrected chi connectivity index (χ1v) is 26.6. The smallest absolute Gasteiger partial charge is 0.132 e. The standard InChI is InChI=1S/C73H52N4O/c1-9-25-53(26-10-1)74(54-27-11-2-12-28-54)61-41-45-65-66-46-42-62(75(55-29-13-3-14-30-55)56-31-15-4-16-32-56)50-68(66)73(67(65)49-61)69-51-63(76(57-33-17-5-18-34-57)58-35-19-6-20-36-58)43-47-71(69)78-72-48-44-64(52-70(72)73)77(59-37-21-7-22-38-59)60-39-23-8-24-40-60/h1-52H. The molecule has 1 heterocycles. The Hall–Kier alpha value is -10.4. The minimum Gasteiger partial charge on any atom is -0.457 e. The van der Waals surface area contributed by atoms with Gasteiger partial charge in [0.15, 0.2) is 0 Å². The van der Waals surface area contributed by atoms with Gasteiger partial charge in [0.2, 0.25) is 0 Å². The minimum atomic E-state index is -0.957. The lowest BCUT2D eigenvalue weighted by Gasteiger charge is -2.41. The maximum atomic E-state index is 7.36. The van der Waals surface area contributed by atoms with Gasteiger partial charge in [-0.25, -0.2) is 0 Å². The molecule has 2 aliphatic rings. The molecule has 0 saturated heterocycles. The molecule has 1 aliphatic heterocycles. The summed E-state index contributed by atoms with van der Waals surface area (Å²) in [6.45, 7) is 0. The molecular formula is C73H52N4O. The summed E-state index contributed by atoms with van der Waals surface area (Å²) in [5.41, 5.74) is 18.4. The van der Waals surface area contributed by atoms with Crippen molar-refractivity contribution >= 4 is 68.2 Å². The van der Waals surface area contributed by atoms with Crippen LogP contribution in [0.25, 0.3) is 11.1 Å². The fraction of sp³-hybridized carbons (Fsp3) is 0.0137. The van der Waals surface area contributed by atoms with E-state index in [4.69, 9.17) is 4.74 Å². The van der Waals surface area contributed by atoms with E-state index in [-0.39, 0.29) is 0 Å². The molecule has 1 aliphatic carbocycles. The molecule has 5 nitrogen and oxygen atoms in total. The fourth-order valence-corrected chi connectivity index (χ4v) is 11.9. The first-order chi connectivity index (χ1) is 38.7. The van der Waals surface area contributed by atoms with Crippen molar-refractivity contribution in [1.82, 2.24) is 0 Å². The van der Waals surface area contributed by atoms with Crippen LogP contribution in [0.3, 0.4) is 0 Å². The average Bonchev–Trinajstić information content (AvgIpc) is 4.01. The summed E-state index contributed by atoms with van der Waals surface area (Å²) in [4.78, 5) is 9.47. The Bertz CT molecular complexity index is 3630. The summed E-state index contributed by atoms with van der Waals surface area (Å²) in [6, 6.07) is 113. The Morgan fingerprint density at radius 1 is 0.192 bits per heavy atom. The van der Waals surface area contributed by atoms with Crippen molar-refractivity contribution < 1.29 is 4.74 Å². The zero-order valence-corrected chi connectivity index (χ0v) is 42.7. The van der Waals surface area contributed by atoms with Crippen LogP contribution in [0.4, 0.5) is 68.2 Å². The largest absolute Gasteiger partial charge is 0.457 e. The molecule has 0 N–H and O–H groups in total. The monoisotopic (exact) mass is 1000 g/mol. The lowest BCUT2D eigenvalue weighted by Crippen LogP contribution is -2.33. The second kappa shape index (κ2) is 19.7. The van der Waals surface area contributed by atoms with E-state index in [0.29, 0.717) is 0 Å². The van der Waals surface area contributed by atoms with Crippen LogP contribution >= 0.6 is 0 Å². The van der Waals surface area contributed by atoms with Crippen molar-refractivity contribution in [3.8, 4) is 22.6 Å². The molecule has 0 bridgehead atoms. The third kappa shape index (κ3) is 7.96. The van der Waals surface area contributed by atoms with Crippen molar-refractivity contribution in [3.05, 3.63) is 338 Å². The lowest BCUT2D eigenvalue weighted by molar-refractivity contribution is 0.436. The molecule has 0 fully saturated rings. The minimum absolute atomic E-state index is 0.795. The maximum absolute atomic E-state index is 7.36. The van der Waals surface area contributed by atoms with E-state index >= 15 is 0 Å². The molecule has 0 amide bonds. The second-order valence-corrected chi connectivity index (χ2v) is 19.7. The first-order valence-electron chi connectivity index (χ1n) is 26.6. The van der Waals surface area contributed by atoms with Crippen molar-refractivity contribution in [2.75, 3.05) is 19.6 Å². The van der Waals surface area contributed by atoms with Crippen LogP contribution in [-0.4, -0.2) is 0 Å². The van der Waals surface area contributed by atoms with E-state index in [1.807, 2.05) is 0 Å². The predicted octanol–water partition coefficient (Wildman–Crippen LogP) is 20.0. The third-order valence-electron chi connectivity index (χ3n) is 15.2. The lowest BCUT2D eigenvalue weighted by atomic mass is 9.65. The van der Waals surface area contributed by atoms with Crippen LogP contribution in [0.2, 0.25) is 0 Å². The van der Waals surface area contributed by atoms with Gasteiger partial charge in [-0.05, 0) is 180 Å². The van der Waals surface area contributed by atoms with Crippen LogP contribution in [0, 0.1) is 0 Å². The molecule has 0 atom stereocenters. The summed E-state index contributed by atoms with van der Waals surface area (Å²) >= 11 is 0. The highest BCUT2D eigenvalue weighted by Crippen LogP contribution is 2.65. The zero-order valence-electron chi connectivity index (χ0n) is 42.7. The van der Waals surface area contributed by atoms with E-state index in [1.165, 1.54) is 0 Å². The van der Waals surface area contributed by atoms with Gasteiger partial charge in [0, 0.05) is 79.4 Å². The van der Waals surface area contributed by atoms with Gasteiger partial charge in [0.25, 0.3) is 0 Å². The van der Waals surface area contributed by atoms with E-state index in [2.05, 4.69) is 335 Å². The van der Waals surface area contributed by atoms with Crippen LogP contribution in [0.5, 0.6) is 11.5 Å². The van der Waals surface area contributed by atoms with Gasteiger partial charge in [-0.3, -0.25) is 0 Å². The third-order valence-corrected chi connectivity index (χ3v) is 15.2. The van der Waals surface area contributed by atoms with Crippen LogP contribution in [-0.2, 0) is 5.41 Å². The second-order valence-electron chi connectivity index (χ2n) is 19.7. The molecule has 78 heavy (non-hydrogen) atoms. The average molecular weight is 1000 g/mol. The topological polar surface area (TPSA) is 22.2 Å². The van der Waals surface area contributed by atoms with Crippen LogP contribution < -0.4 is 24.3 Å². The highest BCUT2D eigenvalue weighted by atomic mass is 16.5. The van der Waals surface area contributed by atoms with Gasteiger partial charge in [-0.1, -0.05) is 158 Å². The Morgan fingerprint density at radius 2 is 0.397 bits per heavy atom. The van der Waals surface area contributed by atoms with Crippen LogP contribution in [0.1, 0.15) is 22.3 Å². The van der Waals surface area contributed by atoms with E-state index in [0.717, 1.165) is 113 Å². The molecule has 1 spiro atoms. The van der Waals surface area contributed by atoms with Gasteiger partial charge in [0.05, 0.1) is 5.41 Å². The number of hydrogen-bond acceptors (Lipinski definition) is 5. The number of hydrogen-bond donors (Lipinski definition) is 0. The van der Waals surface area contributed by atoms with Gasteiger partial charge >= 0.3 is 0 Å². The van der Waals surface area contributed by atoms with Gasteiger partial charge in [-0.2, -0.15) is 0 Å². The quantitative estimate of drug-likeness (QED) is 0.121. The van der Waals surface area contributed by atoms with Crippen molar-refractivity contribution in [2.45, 2.75) is 5.41 Å². The van der Waals surface area contributed by atoms with E-state index in [9.17, 15) is 0 Å². The Kier molecular flexibility index (Phi) is 11.7. The molecule has 14 rings (SSSR count). The van der Waals surface area contributed by atoms with Crippen molar-refractivity contribution in [3.63, 3.8) is 0 Å². The molecule has 0 aromatic heterocycles. The van der Waals surface area contributed by atoms with Gasteiger partial charge < -0.3 is 24.3 Å². The van der Waals surface area contributed by atoms with Crippen LogP contribution in [0.15, 0.2) is 315 Å². The summed E-state index contributed by atoms with van der Waals surface area (Å²) in [5, 5.41) is 0. The normalized spacial score (nSPS) is 12.3. The molecule has 12 aromatic carbocycles. The Balaban J connectivity index is 1.11. The zero-order chi connectivity index (χ0) is 51.8. The highest BCUT2D eigenvalue weighted by Gasteiger charge is 2.52. The molecule has 5 heteroatoms. The number of rotatable bonds is 12. The predicted molar refractivity (Wildman–Crippen MR) is 323 cm³/mol. The van der Waals surface area contributed by atoms with E-state index < -0.39 is 5.41 Å². The number of fused-ring (bicyclic) bond motifs is 9. The Morgan fingerprint density at radius 3 is 0.628 bits per heavy atom. The van der Waals surface area contributed by atoms with Crippen molar-refractivity contribution in [1.29, 1.82) is 0 Å². The summed E-state index contributed by atoms with van der Waals surface area (Å²) in [5.74, 6) is 1.59. The van der Waals surface area contributed by atoms with Gasteiger partial charge in [0.1, 0.15) is 11.5 Å². The molecule has 0 unspecified atom stereocenters.